The summed E-state index contributed by atoms with van der Waals surface area (Å²) in [6, 6.07) is 21.6. The van der Waals surface area contributed by atoms with Crippen LogP contribution in [0.25, 0.3) is 11.6 Å². The molecule has 0 amide bonds. The summed E-state index contributed by atoms with van der Waals surface area (Å²) in [6.07, 6.45) is 6.38. The molecule has 1 fully saturated rings. The molecule has 7 nitrogen and oxygen atoms in total. The first kappa shape index (κ1) is 33.3. The van der Waals surface area contributed by atoms with Gasteiger partial charge in [-0.05, 0) is 121 Å². The third-order valence-corrected chi connectivity index (χ3v) is 8.96. The van der Waals surface area contributed by atoms with Gasteiger partial charge in [-0.1, -0.05) is 42.8 Å². The van der Waals surface area contributed by atoms with E-state index in [2.05, 4.69) is 11.0 Å². The van der Waals surface area contributed by atoms with Crippen molar-refractivity contribution < 1.29 is 28.9 Å². The van der Waals surface area contributed by atoms with Crippen LogP contribution in [0.1, 0.15) is 83.1 Å². The number of hydrogen-bond donors (Lipinski definition) is 1. The minimum atomic E-state index is -0.881. The van der Waals surface area contributed by atoms with E-state index in [-0.39, 0.29) is 5.97 Å². The molecular formula is C39H47NO6. The number of aliphatic carboxylic acids is 1. The van der Waals surface area contributed by atoms with E-state index >= 15 is 0 Å². The molecule has 0 spiro atoms. The van der Waals surface area contributed by atoms with Crippen molar-refractivity contribution in [2.24, 2.45) is 10.8 Å². The van der Waals surface area contributed by atoms with Crippen LogP contribution in [-0.2, 0) is 21.6 Å². The van der Waals surface area contributed by atoms with Gasteiger partial charge in [-0.2, -0.15) is 0 Å². The molecule has 3 aromatic carbocycles. The second kappa shape index (κ2) is 13.3. The Balaban J connectivity index is 1.44. The van der Waals surface area contributed by atoms with Crippen LogP contribution in [0.4, 0.5) is 0 Å². The summed E-state index contributed by atoms with van der Waals surface area (Å²) in [7, 11) is 0. The molecular weight excluding hydrogens is 578 g/mol. The number of likely N-dealkylation sites (tertiary alicyclic amines) is 1. The van der Waals surface area contributed by atoms with Crippen LogP contribution in [-0.4, -0.2) is 48.2 Å². The number of fused-ring (bicyclic) bond motifs is 1. The molecule has 0 bridgehead atoms. The lowest BCUT2D eigenvalue weighted by Gasteiger charge is -2.38. The maximum atomic E-state index is 12.6. The summed E-state index contributed by atoms with van der Waals surface area (Å²) < 4.78 is 18.6. The maximum Gasteiger partial charge on any atom is 0.316 e. The Morgan fingerprint density at radius 1 is 0.891 bits per heavy atom. The van der Waals surface area contributed by atoms with E-state index in [9.17, 15) is 14.7 Å². The van der Waals surface area contributed by atoms with E-state index in [4.69, 9.17) is 14.2 Å². The second-order valence-corrected chi connectivity index (χ2v) is 14.4. The average Bonchev–Trinajstić information content (AvgIpc) is 3.01. The number of carboxylic acid groups (broad SMARTS) is 1. The van der Waals surface area contributed by atoms with Crippen LogP contribution >= 0.6 is 0 Å². The summed E-state index contributed by atoms with van der Waals surface area (Å²) in [6.45, 7) is 14.9. The SMILES string of the molecule is CC(C)(C)C(=O)Oc1ccc2c(c1)OC(C)(c1ccc(OCCN3CCCCC3)cc1)C(c1ccc(CC(C)(C)C(=O)O)cc1)=C2. The van der Waals surface area contributed by atoms with Gasteiger partial charge in [0, 0.05) is 23.7 Å². The van der Waals surface area contributed by atoms with Crippen LogP contribution in [0, 0.1) is 10.8 Å². The third kappa shape index (κ3) is 7.64. The Hall–Kier alpha value is -4.10. The quantitative estimate of drug-likeness (QED) is 0.180. The highest BCUT2D eigenvalue weighted by Gasteiger charge is 2.38. The largest absolute Gasteiger partial charge is 0.492 e. The van der Waals surface area contributed by atoms with Gasteiger partial charge in [0.15, 0.2) is 5.60 Å². The molecule has 244 valence electrons. The summed E-state index contributed by atoms with van der Waals surface area (Å²) in [5, 5.41) is 9.62. The fourth-order valence-corrected chi connectivity index (χ4v) is 5.92. The molecule has 2 aliphatic rings. The highest BCUT2D eigenvalue weighted by atomic mass is 16.5. The molecule has 0 saturated carbocycles. The summed E-state index contributed by atoms with van der Waals surface area (Å²) in [5.74, 6) is 0.723. The smallest absolute Gasteiger partial charge is 0.316 e. The van der Waals surface area contributed by atoms with E-state index in [1.54, 1.807) is 26.0 Å². The predicted molar refractivity (Wildman–Crippen MR) is 181 cm³/mol. The van der Waals surface area contributed by atoms with Crippen molar-refractivity contribution in [3.8, 4) is 17.2 Å². The summed E-state index contributed by atoms with van der Waals surface area (Å²) >= 11 is 0. The molecule has 7 heteroatoms. The molecule has 1 N–H and O–H groups in total. The van der Waals surface area contributed by atoms with Gasteiger partial charge >= 0.3 is 11.9 Å². The van der Waals surface area contributed by atoms with Gasteiger partial charge in [0.2, 0.25) is 0 Å². The van der Waals surface area contributed by atoms with Gasteiger partial charge in [-0.3, -0.25) is 14.5 Å². The van der Waals surface area contributed by atoms with Crippen LogP contribution in [0.2, 0.25) is 0 Å². The van der Waals surface area contributed by atoms with Crippen molar-refractivity contribution in [1.82, 2.24) is 4.90 Å². The highest BCUT2D eigenvalue weighted by Crippen LogP contribution is 2.47. The minimum Gasteiger partial charge on any atom is -0.492 e. The molecule has 0 aliphatic carbocycles. The molecule has 0 radical (unpaired) electrons. The number of piperidine rings is 1. The zero-order chi connectivity index (χ0) is 33.1. The summed E-state index contributed by atoms with van der Waals surface area (Å²) in [4.78, 5) is 26.8. The lowest BCUT2D eigenvalue weighted by atomic mass is 9.80. The van der Waals surface area contributed by atoms with Crippen molar-refractivity contribution in [2.45, 2.75) is 72.8 Å². The fourth-order valence-electron chi connectivity index (χ4n) is 5.92. The molecule has 5 rings (SSSR count). The van der Waals surface area contributed by atoms with Crippen molar-refractivity contribution in [3.63, 3.8) is 0 Å². The summed E-state index contributed by atoms with van der Waals surface area (Å²) in [5.41, 5.74) is 2.31. The Labute approximate surface area is 273 Å². The standard InChI is InChI=1S/C39H47NO6/c1-37(2,3)36(43)45-32-17-14-29-24-33(28-12-10-27(11-13-28)26-38(4,5)35(41)42)39(6,46-34(29)25-32)30-15-18-31(19-16-30)44-23-22-40-20-8-7-9-21-40/h10-19,24-25H,7-9,20-23,26H2,1-6H3,(H,41,42). The van der Waals surface area contributed by atoms with Gasteiger partial charge < -0.3 is 19.3 Å². The lowest BCUT2D eigenvalue weighted by molar-refractivity contribution is -0.147. The van der Waals surface area contributed by atoms with E-state index in [0.29, 0.717) is 24.5 Å². The normalized spacial score (nSPS) is 18.6. The van der Waals surface area contributed by atoms with Gasteiger partial charge in [0.25, 0.3) is 0 Å². The first-order valence-electron chi connectivity index (χ1n) is 16.3. The maximum absolute atomic E-state index is 12.6. The van der Waals surface area contributed by atoms with E-state index in [1.165, 1.54) is 19.3 Å². The molecule has 1 unspecified atom stereocenters. The Kier molecular flexibility index (Phi) is 9.64. The second-order valence-electron chi connectivity index (χ2n) is 14.4. The highest BCUT2D eigenvalue weighted by molar-refractivity contribution is 5.90. The number of carbonyl (C=O) groups is 2. The Morgan fingerprint density at radius 2 is 1.54 bits per heavy atom. The minimum absolute atomic E-state index is 0.315. The number of esters is 1. The monoisotopic (exact) mass is 625 g/mol. The lowest BCUT2D eigenvalue weighted by Crippen LogP contribution is -2.34. The first-order chi connectivity index (χ1) is 21.7. The fraction of sp³-hybridized carbons (Fsp3) is 0.436. The van der Waals surface area contributed by atoms with Gasteiger partial charge in [0.05, 0.1) is 10.8 Å². The van der Waals surface area contributed by atoms with Crippen molar-refractivity contribution in [2.75, 3.05) is 26.2 Å². The molecule has 1 atom stereocenters. The van der Waals surface area contributed by atoms with Crippen LogP contribution < -0.4 is 14.2 Å². The number of carboxylic acids is 1. The molecule has 2 aliphatic heterocycles. The number of rotatable bonds is 10. The van der Waals surface area contributed by atoms with E-state index < -0.39 is 22.4 Å². The van der Waals surface area contributed by atoms with Crippen LogP contribution in [0.3, 0.4) is 0 Å². The number of benzene rings is 3. The zero-order valence-corrected chi connectivity index (χ0v) is 28.0. The topological polar surface area (TPSA) is 85.3 Å². The molecule has 1 saturated heterocycles. The number of ether oxygens (including phenoxy) is 3. The number of carbonyl (C=O) groups excluding carboxylic acids is 1. The molecule has 2 heterocycles. The first-order valence-corrected chi connectivity index (χ1v) is 16.3. The van der Waals surface area contributed by atoms with E-state index in [1.807, 2.05) is 82.3 Å². The number of nitrogens with zero attached hydrogens (tertiary/aromatic N) is 1. The molecule has 3 aromatic rings. The van der Waals surface area contributed by atoms with E-state index in [0.717, 1.165) is 53.2 Å². The van der Waals surface area contributed by atoms with Crippen molar-refractivity contribution in [3.05, 3.63) is 89.0 Å². The predicted octanol–water partition coefficient (Wildman–Crippen LogP) is 8.00. The van der Waals surface area contributed by atoms with Crippen molar-refractivity contribution >= 4 is 23.6 Å². The van der Waals surface area contributed by atoms with Crippen molar-refractivity contribution in [1.29, 1.82) is 0 Å². The van der Waals surface area contributed by atoms with Gasteiger partial charge in [0.1, 0.15) is 23.9 Å². The van der Waals surface area contributed by atoms with Gasteiger partial charge in [-0.25, -0.2) is 0 Å². The Morgan fingerprint density at radius 3 is 2.17 bits per heavy atom. The molecule has 46 heavy (non-hydrogen) atoms. The zero-order valence-electron chi connectivity index (χ0n) is 28.0. The average molecular weight is 626 g/mol. The number of hydrogen-bond acceptors (Lipinski definition) is 6. The van der Waals surface area contributed by atoms with Crippen LogP contribution in [0.5, 0.6) is 17.2 Å². The molecule has 0 aromatic heterocycles. The van der Waals surface area contributed by atoms with Crippen LogP contribution in [0.15, 0.2) is 66.7 Å². The third-order valence-electron chi connectivity index (χ3n) is 8.96. The van der Waals surface area contributed by atoms with Gasteiger partial charge in [-0.15, -0.1) is 0 Å². The Bertz CT molecular complexity index is 1580.